The molecule has 0 aromatic heterocycles. The summed E-state index contributed by atoms with van der Waals surface area (Å²) < 4.78 is 36.0. The van der Waals surface area contributed by atoms with E-state index in [9.17, 15) is 18.4 Å². The minimum atomic E-state index is -0.684. The molecule has 0 aliphatic rings. The van der Waals surface area contributed by atoms with Gasteiger partial charge in [0.25, 0.3) is 0 Å². The van der Waals surface area contributed by atoms with Crippen LogP contribution in [-0.2, 0) is 19.1 Å². The van der Waals surface area contributed by atoms with Crippen LogP contribution in [0.15, 0.2) is 48.7 Å². The molecule has 1 amide bonds. The molecular formula is C23H38F2N4O4. The van der Waals surface area contributed by atoms with Crippen LogP contribution in [0.4, 0.5) is 8.78 Å². The van der Waals surface area contributed by atoms with Crippen LogP contribution in [0, 0.1) is 5.92 Å². The van der Waals surface area contributed by atoms with Crippen LogP contribution in [0.25, 0.3) is 0 Å². The topological polar surface area (TPSA) is 83.1 Å². The summed E-state index contributed by atoms with van der Waals surface area (Å²) in [4.78, 5) is 25.4. The number of methoxy groups -OCH3 is 1. The molecule has 0 aromatic carbocycles. The molecule has 0 aliphatic carbocycles. The fraction of sp³-hybridized carbons (Fsp3) is 0.565. The van der Waals surface area contributed by atoms with Gasteiger partial charge in [-0.05, 0) is 26.3 Å². The number of nitrogens with zero attached hydrogens (tertiary/aromatic N) is 2. The van der Waals surface area contributed by atoms with Crippen molar-refractivity contribution in [2.75, 3.05) is 60.3 Å². The van der Waals surface area contributed by atoms with E-state index in [0.717, 1.165) is 5.57 Å². The Morgan fingerprint density at radius 1 is 1.21 bits per heavy atom. The van der Waals surface area contributed by atoms with Gasteiger partial charge in [-0.2, -0.15) is 0 Å². The van der Waals surface area contributed by atoms with Crippen LogP contribution in [-0.4, -0.2) is 81.9 Å². The van der Waals surface area contributed by atoms with Gasteiger partial charge in [0.15, 0.2) is 5.78 Å². The molecule has 0 fully saturated rings. The average molecular weight is 473 g/mol. The number of hydrogen-bond donors (Lipinski definition) is 2. The number of halogens is 2. The summed E-state index contributed by atoms with van der Waals surface area (Å²) in [6.45, 7) is 9.84. The lowest BCUT2D eigenvalue weighted by atomic mass is 10.0. The van der Waals surface area contributed by atoms with Crippen LogP contribution < -0.4 is 10.7 Å². The number of amides is 1. The van der Waals surface area contributed by atoms with E-state index < -0.39 is 17.7 Å². The lowest BCUT2D eigenvalue weighted by molar-refractivity contribution is -0.116. The van der Waals surface area contributed by atoms with Crippen LogP contribution in [0.2, 0.25) is 0 Å². The molecule has 1 unspecified atom stereocenters. The smallest absolute Gasteiger partial charge is 0.245 e. The lowest BCUT2D eigenvalue weighted by Gasteiger charge is -2.28. The molecule has 2 N–H and O–H groups in total. The van der Waals surface area contributed by atoms with Crippen LogP contribution in [0.3, 0.4) is 0 Å². The quantitative estimate of drug-likeness (QED) is 0.129. The molecule has 0 saturated heterocycles. The number of hydrogen-bond acceptors (Lipinski definition) is 7. The summed E-state index contributed by atoms with van der Waals surface area (Å²) in [5.74, 6) is -1.73. The third-order valence-electron chi connectivity index (χ3n) is 4.32. The standard InChI is InChI=1S/C23H38F2N4O4/c1-19(15-20(2)30)17-29(11-12-33-14-13-32-5)18-28(4)27-10-8-23(31)26-16-22(21(3)25)7-6-9-24/h6,8-10,15,22,27H,3,7,11-14,16-18H2,1-2,4-5H3,(H,26,31)/b9-6+,10-8+,19-15+. The predicted octanol–water partition coefficient (Wildman–Crippen LogP) is 2.48. The highest BCUT2D eigenvalue weighted by Gasteiger charge is 2.12. The molecule has 8 nitrogen and oxygen atoms in total. The van der Waals surface area contributed by atoms with Crippen LogP contribution in [0.1, 0.15) is 20.3 Å². The average Bonchev–Trinajstić information content (AvgIpc) is 2.72. The first-order valence-electron chi connectivity index (χ1n) is 10.7. The van der Waals surface area contributed by atoms with Gasteiger partial charge in [-0.1, -0.05) is 18.2 Å². The number of hydrazine groups is 1. The van der Waals surface area contributed by atoms with E-state index in [1.165, 1.54) is 25.3 Å². The number of nitrogens with one attached hydrogen (secondary N) is 2. The first-order chi connectivity index (χ1) is 15.7. The highest BCUT2D eigenvalue weighted by atomic mass is 19.1. The van der Waals surface area contributed by atoms with Gasteiger partial charge in [-0.15, -0.1) is 0 Å². The summed E-state index contributed by atoms with van der Waals surface area (Å²) >= 11 is 0. The number of allylic oxidation sites excluding steroid dienone is 2. The van der Waals surface area contributed by atoms with Crippen molar-refractivity contribution in [2.45, 2.75) is 20.3 Å². The van der Waals surface area contributed by atoms with Crippen molar-refractivity contribution < 1.29 is 27.8 Å². The SMILES string of the molecule is C=C(F)C(C/C=C/F)CNC(=O)/C=C/NN(C)CN(CCOCCOC)C/C(C)=C/C(C)=O. The van der Waals surface area contributed by atoms with Crippen molar-refractivity contribution in [2.24, 2.45) is 5.92 Å². The number of rotatable bonds is 19. The second-order valence-electron chi connectivity index (χ2n) is 7.55. The Bertz CT molecular complexity index is 683. The first kappa shape index (κ1) is 30.6. The summed E-state index contributed by atoms with van der Waals surface area (Å²) in [7, 11) is 3.41. The monoisotopic (exact) mass is 472 g/mol. The maximum absolute atomic E-state index is 13.3. The molecule has 0 radical (unpaired) electrons. The fourth-order valence-corrected chi connectivity index (χ4v) is 2.78. The molecule has 188 valence electrons. The Labute approximate surface area is 195 Å². The van der Waals surface area contributed by atoms with E-state index in [-0.39, 0.29) is 18.7 Å². The zero-order valence-electron chi connectivity index (χ0n) is 20.1. The van der Waals surface area contributed by atoms with E-state index in [0.29, 0.717) is 45.9 Å². The highest BCUT2D eigenvalue weighted by molar-refractivity contribution is 5.88. The predicted molar refractivity (Wildman–Crippen MR) is 125 cm³/mol. The molecule has 0 aromatic rings. The van der Waals surface area contributed by atoms with E-state index in [1.807, 2.05) is 6.92 Å². The van der Waals surface area contributed by atoms with Gasteiger partial charge in [-0.3, -0.25) is 14.5 Å². The molecule has 33 heavy (non-hydrogen) atoms. The molecular weight excluding hydrogens is 434 g/mol. The summed E-state index contributed by atoms with van der Waals surface area (Å²) in [5.41, 5.74) is 3.89. The molecule has 0 rings (SSSR count). The van der Waals surface area contributed by atoms with Gasteiger partial charge in [0.1, 0.15) is 0 Å². The highest BCUT2D eigenvalue weighted by Crippen LogP contribution is 2.14. The maximum Gasteiger partial charge on any atom is 0.245 e. The van der Waals surface area contributed by atoms with Crippen LogP contribution in [0.5, 0.6) is 0 Å². The molecule has 0 saturated carbocycles. The van der Waals surface area contributed by atoms with Crippen molar-refractivity contribution in [3.05, 3.63) is 48.7 Å². The number of ether oxygens (including phenoxy) is 2. The molecule has 1 atom stereocenters. The Hall–Kier alpha value is -2.40. The van der Waals surface area contributed by atoms with Gasteiger partial charge in [-0.25, -0.2) is 13.8 Å². The molecule has 0 heterocycles. The summed E-state index contributed by atoms with van der Waals surface area (Å²) in [6, 6.07) is 0. The Balaban J connectivity index is 4.63. The normalized spacial score (nSPS) is 13.3. The van der Waals surface area contributed by atoms with E-state index >= 15 is 0 Å². The van der Waals surface area contributed by atoms with Gasteiger partial charge in [0.05, 0.1) is 38.6 Å². The number of carbonyl (C=O) groups is 2. The van der Waals surface area contributed by atoms with Gasteiger partial charge in [0, 0.05) is 52.0 Å². The van der Waals surface area contributed by atoms with Gasteiger partial charge in [0.2, 0.25) is 5.91 Å². The largest absolute Gasteiger partial charge is 0.382 e. The number of ketones is 1. The maximum atomic E-state index is 13.3. The summed E-state index contributed by atoms with van der Waals surface area (Å²) in [5, 5.41) is 4.32. The van der Waals surface area contributed by atoms with Crippen molar-refractivity contribution in [1.82, 2.24) is 20.7 Å². The van der Waals surface area contributed by atoms with Crippen molar-refractivity contribution in [3.63, 3.8) is 0 Å². The van der Waals surface area contributed by atoms with Gasteiger partial charge >= 0.3 is 0 Å². The van der Waals surface area contributed by atoms with Gasteiger partial charge < -0.3 is 20.2 Å². The van der Waals surface area contributed by atoms with Crippen molar-refractivity contribution >= 4 is 11.7 Å². The van der Waals surface area contributed by atoms with Crippen LogP contribution >= 0.6 is 0 Å². The zero-order chi connectivity index (χ0) is 25.1. The minimum Gasteiger partial charge on any atom is -0.382 e. The van der Waals surface area contributed by atoms with E-state index in [1.54, 1.807) is 25.2 Å². The second-order valence-corrected chi connectivity index (χ2v) is 7.55. The van der Waals surface area contributed by atoms with E-state index in [4.69, 9.17) is 9.47 Å². The Morgan fingerprint density at radius 2 is 1.94 bits per heavy atom. The van der Waals surface area contributed by atoms with Crippen molar-refractivity contribution in [3.8, 4) is 0 Å². The van der Waals surface area contributed by atoms with Crippen molar-refractivity contribution in [1.29, 1.82) is 0 Å². The lowest BCUT2D eigenvalue weighted by Crippen LogP contribution is -2.43. The zero-order valence-corrected chi connectivity index (χ0v) is 20.1. The Morgan fingerprint density at radius 3 is 2.55 bits per heavy atom. The summed E-state index contributed by atoms with van der Waals surface area (Å²) in [6.07, 6.45) is 5.96. The molecule has 0 bridgehead atoms. The Kier molecular flexibility index (Phi) is 17.7. The third-order valence-corrected chi connectivity index (χ3v) is 4.32. The first-order valence-corrected chi connectivity index (χ1v) is 10.7. The second kappa shape index (κ2) is 19.1. The molecule has 0 aliphatic heterocycles. The third kappa shape index (κ3) is 17.8. The minimum absolute atomic E-state index is 0.0106. The fourth-order valence-electron chi connectivity index (χ4n) is 2.78. The molecule has 0 spiro atoms. The van der Waals surface area contributed by atoms with E-state index in [2.05, 4.69) is 22.2 Å². The number of carbonyl (C=O) groups excluding carboxylic acids is 2. The molecule has 10 heteroatoms.